The maximum Gasteiger partial charge on any atom is 0.257 e. The predicted molar refractivity (Wildman–Crippen MR) is 68.5 cm³/mol. The molecule has 17 heavy (non-hydrogen) atoms. The van der Waals surface area contributed by atoms with E-state index in [1.54, 1.807) is 24.4 Å². The number of aromatic nitrogens is 2. The summed E-state index contributed by atoms with van der Waals surface area (Å²) < 4.78 is 0.718. The lowest BCUT2D eigenvalue weighted by Gasteiger charge is -2.06. The number of nitrogens with one attached hydrogen (secondary N) is 1. The monoisotopic (exact) mass is 292 g/mol. The van der Waals surface area contributed by atoms with Crippen molar-refractivity contribution in [2.45, 2.75) is 0 Å². The molecule has 0 fully saturated rings. The molecule has 0 saturated carbocycles. The Morgan fingerprint density at radius 1 is 1.29 bits per heavy atom. The molecule has 0 aliphatic heterocycles. The van der Waals surface area contributed by atoms with Gasteiger partial charge < -0.3 is 11.1 Å². The highest BCUT2D eigenvalue weighted by Crippen LogP contribution is 2.19. The molecule has 3 N–H and O–H groups in total. The Kier molecular flexibility index (Phi) is 3.34. The van der Waals surface area contributed by atoms with Crippen LogP contribution in [0.3, 0.4) is 0 Å². The first-order valence-corrected chi connectivity index (χ1v) is 5.59. The van der Waals surface area contributed by atoms with Crippen LogP contribution in [0.2, 0.25) is 0 Å². The molecule has 2 aromatic rings. The Balaban J connectivity index is 2.20. The third-order valence-corrected chi connectivity index (χ3v) is 2.67. The van der Waals surface area contributed by atoms with Crippen molar-refractivity contribution < 1.29 is 4.79 Å². The molecular formula is C11H9BrN4O. The summed E-state index contributed by atoms with van der Waals surface area (Å²) in [5.74, 6) is 0.490. The van der Waals surface area contributed by atoms with Crippen molar-refractivity contribution in [1.82, 2.24) is 9.97 Å². The van der Waals surface area contributed by atoms with E-state index in [9.17, 15) is 4.79 Å². The summed E-state index contributed by atoms with van der Waals surface area (Å²) in [6, 6.07) is 6.66. The van der Waals surface area contributed by atoms with Crippen LogP contribution < -0.4 is 11.1 Å². The quantitative estimate of drug-likeness (QED) is 0.888. The minimum Gasteiger partial charge on any atom is -0.384 e. The van der Waals surface area contributed by atoms with Crippen molar-refractivity contribution in [2.75, 3.05) is 11.1 Å². The van der Waals surface area contributed by atoms with Gasteiger partial charge in [-0.3, -0.25) is 4.79 Å². The van der Waals surface area contributed by atoms with Crippen LogP contribution in [0, 0.1) is 0 Å². The molecule has 0 radical (unpaired) electrons. The zero-order chi connectivity index (χ0) is 12.3. The molecule has 5 nitrogen and oxygen atoms in total. The number of nitrogens with zero attached hydrogens (tertiary/aromatic N) is 2. The zero-order valence-corrected chi connectivity index (χ0v) is 10.3. The van der Waals surface area contributed by atoms with Crippen LogP contribution in [-0.4, -0.2) is 15.9 Å². The molecule has 86 valence electrons. The SMILES string of the molecule is Nc1cc(C(=O)Nc2ncccc2Br)ccn1. The van der Waals surface area contributed by atoms with E-state index in [1.807, 2.05) is 0 Å². The second kappa shape index (κ2) is 4.92. The van der Waals surface area contributed by atoms with E-state index in [4.69, 9.17) is 5.73 Å². The van der Waals surface area contributed by atoms with Gasteiger partial charge in [0.05, 0.1) is 4.47 Å². The van der Waals surface area contributed by atoms with E-state index in [1.165, 1.54) is 12.3 Å². The highest BCUT2D eigenvalue weighted by molar-refractivity contribution is 9.10. The standard InChI is InChI=1S/C11H9BrN4O/c12-8-2-1-4-15-10(8)16-11(17)7-3-5-14-9(13)6-7/h1-6H,(H2,13,14)(H,15,16,17). The molecule has 0 aliphatic rings. The molecule has 0 spiro atoms. The van der Waals surface area contributed by atoms with E-state index >= 15 is 0 Å². The zero-order valence-electron chi connectivity index (χ0n) is 8.72. The normalized spacial score (nSPS) is 9.94. The van der Waals surface area contributed by atoms with Gasteiger partial charge in [-0.15, -0.1) is 0 Å². The average Bonchev–Trinajstić information content (AvgIpc) is 2.32. The van der Waals surface area contributed by atoms with Gasteiger partial charge in [-0.1, -0.05) is 0 Å². The predicted octanol–water partition coefficient (Wildman–Crippen LogP) is 2.07. The second-order valence-corrected chi connectivity index (χ2v) is 4.11. The van der Waals surface area contributed by atoms with Gasteiger partial charge in [0.25, 0.3) is 5.91 Å². The fourth-order valence-corrected chi connectivity index (χ4v) is 1.60. The number of nitrogen functional groups attached to an aromatic ring is 1. The maximum atomic E-state index is 11.9. The van der Waals surface area contributed by atoms with Gasteiger partial charge >= 0.3 is 0 Å². The number of amides is 1. The van der Waals surface area contributed by atoms with Crippen molar-refractivity contribution in [1.29, 1.82) is 0 Å². The lowest BCUT2D eigenvalue weighted by atomic mass is 10.2. The molecule has 2 rings (SSSR count). The Labute approximate surface area is 106 Å². The molecule has 0 atom stereocenters. The van der Waals surface area contributed by atoms with Gasteiger partial charge in [-0.25, -0.2) is 9.97 Å². The van der Waals surface area contributed by atoms with Gasteiger partial charge in [-0.2, -0.15) is 0 Å². The van der Waals surface area contributed by atoms with Gasteiger partial charge in [0.1, 0.15) is 11.6 Å². The van der Waals surface area contributed by atoms with Crippen LogP contribution in [0.25, 0.3) is 0 Å². The van der Waals surface area contributed by atoms with Crippen LogP contribution in [-0.2, 0) is 0 Å². The molecule has 0 aliphatic carbocycles. The average molecular weight is 293 g/mol. The molecular weight excluding hydrogens is 284 g/mol. The topological polar surface area (TPSA) is 80.9 Å². The number of anilines is 2. The van der Waals surface area contributed by atoms with Crippen LogP contribution in [0.5, 0.6) is 0 Å². The van der Waals surface area contributed by atoms with Crippen molar-refractivity contribution >= 4 is 33.5 Å². The summed E-state index contributed by atoms with van der Waals surface area (Å²) >= 11 is 3.30. The number of halogens is 1. The van der Waals surface area contributed by atoms with Gasteiger partial charge in [0.2, 0.25) is 0 Å². The van der Waals surface area contributed by atoms with Crippen LogP contribution in [0.15, 0.2) is 41.1 Å². The Morgan fingerprint density at radius 2 is 2.12 bits per heavy atom. The smallest absolute Gasteiger partial charge is 0.257 e. The van der Waals surface area contributed by atoms with E-state index in [0.29, 0.717) is 17.2 Å². The van der Waals surface area contributed by atoms with Crippen molar-refractivity contribution in [2.24, 2.45) is 0 Å². The molecule has 0 saturated heterocycles. The fourth-order valence-electron chi connectivity index (χ4n) is 1.25. The molecule has 1 amide bonds. The number of nitrogens with two attached hydrogens (primary N) is 1. The van der Waals surface area contributed by atoms with Crippen LogP contribution in [0.1, 0.15) is 10.4 Å². The van der Waals surface area contributed by atoms with E-state index < -0.39 is 0 Å². The number of carbonyl (C=O) groups is 1. The highest BCUT2D eigenvalue weighted by atomic mass is 79.9. The molecule has 0 unspecified atom stereocenters. The van der Waals surface area contributed by atoms with E-state index in [2.05, 4.69) is 31.2 Å². The largest absolute Gasteiger partial charge is 0.384 e. The van der Waals surface area contributed by atoms with Crippen molar-refractivity contribution in [3.8, 4) is 0 Å². The molecule has 2 heterocycles. The summed E-state index contributed by atoms with van der Waals surface area (Å²) in [6.45, 7) is 0. The summed E-state index contributed by atoms with van der Waals surface area (Å²) in [5, 5.41) is 2.67. The van der Waals surface area contributed by atoms with Crippen LogP contribution in [0.4, 0.5) is 11.6 Å². The van der Waals surface area contributed by atoms with Crippen molar-refractivity contribution in [3.05, 3.63) is 46.7 Å². The van der Waals surface area contributed by atoms with Gasteiger partial charge in [0, 0.05) is 18.0 Å². The highest BCUT2D eigenvalue weighted by Gasteiger charge is 2.09. The minimum atomic E-state index is -0.279. The minimum absolute atomic E-state index is 0.279. The van der Waals surface area contributed by atoms with Gasteiger partial charge in [-0.05, 0) is 40.2 Å². The van der Waals surface area contributed by atoms with Crippen molar-refractivity contribution in [3.63, 3.8) is 0 Å². The first-order valence-electron chi connectivity index (χ1n) is 4.80. The number of hydrogen-bond acceptors (Lipinski definition) is 4. The van der Waals surface area contributed by atoms with Gasteiger partial charge in [0.15, 0.2) is 0 Å². The van der Waals surface area contributed by atoms with E-state index in [-0.39, 0.29) is 5.91 Å². The lowest BCUT2D eigenvalue weighted by molar-refractivity contribution is 0.102. The Hall–Kier alpha value is -1.95. The summed E-state index contributed by atoms with van der Waals surface area (Å²) in [4.78, 5) is 19.7. The number of rotatable bonds is 2. The Bertz CT molecular complexity index is 559. The molecule has 0 aromatic carbocycles. The fraction of sp³-hybridized carbons (Fsp3) is 0. The van der Waals surface area contributed by atoms with E-state index in [0.717, 1.165) is 4.47 Å². The maximum absolute atomic E-state index is 11.9. The molecule has 0 bridgehead atoms. The summed E-state index contributed by atoms with van der Waals surface area (Å²) in [7, 11) is 0. The molecule has 2 aromatic heterocycles. The summed E-state index contributed by atoms with van der Waals surface area (Å²) in [5.41, 5.74) is 5.94. The first-order chi connectivity index (χ1) is 8.16. The first kappa shape index (κ1) is 11.5. The molecule has 6 heteroatoms. The number of carbonyl (C=O) groups excluding carboxylic acids is 1. The number of hydrogen-bond donors (Lipinski definition) is 2. The second-order valence-electron chi connectivity index (χ2n) is 3.26. The third-order valence-electron chi connectivity index (χ3n) is 2.03. The number of pyridine rings is 2. The lowest BCUT2D eigenvalue weighted by Crippen LogP contribution is -2.13. The Morgan fingerprint density at radius 3 is 2.82 bits per heavy atom. The van der Waals surface area contributed by atoms with Crippen LogP contribution >= 0.6 is 15.9 Å². The summed E-state index contributed by atoms with van der Waals surface area (Å²) in [6.07, 6.45) is 3.08. The third kappa shape index (κ3) is 2.79.